The normalized spacial score (nSPS) is 22.5. The molecule has 1 aromatic heterocycles. The molecule has 1 aromatic carbocycles. The predicted octanol–water partition coefficient (Wildman–Crippen LogP) is 3.15. The SMILES string of the molecule is O=C(c1cc2n(n1)[C@H](C(F)(F)F)C[C@H](c1ccc(F)cc1)N2)N1CCOCC1. The first kappa shape index (κ1) is 18.7. The number of morpholine rings is 1. The summed E-state index contributed by atoms with van der Waals surface area (Å²) in [5.41, 5.74) is 0.488. The third kappa shape index (κ3) is 3.56. The highest BCUT2D eigenvalue weighted by Gasteiger charge is 2.47. The number of carbonyl (C=O) groups is 1. The van der Waals surface area contributed by atoms with E-state index in [1.54, 1.807) is 0 Å². The molecule has 1 fully saturated rings. The zero-order valence-corrected chi connectivity index (χ0v) is 14.7. The maximum absolute atomic E-state index is 13.7. The zero-order valence-electron chi connectivity index (χ0n) is 14.7. The van der Waals surface area contributed by atoms with Crippen LogP contribution in [0.25, 0.3) is 0 Å². The molecule has 28 heavy (non-hydrogen) atoms. The van der Waals surface area contributed by atoms with Crippen molar-refractivity contribution >= 4 is 11.7 Å². The van der Waals surface area contributed by atoms with Gasteiger partial charge in [-0.25, -0.2) is 9.07 Å². The molecule has 0 radical (unpaired) electrons. The van der Waals surface area contributed by atoms with Crippen LogP contribution in [0.4, 0.5) is 23.4 Å². The quantitative estimate of drug-likeness (QED) is 0.790. The van der Waals surface area contributed by atoms with Gasteiger partial charge in [0.05, 0.1) is 19.3 Å². The highest BCUT2D eigenvalue weighted by molar-refractivity contribution is 5.93. The summed E-state index contributed by atoms with van der Waals surface area (Å²) in [6.07, 6.45) is -4.85. The van der Waals surface area contributed by atoms with Crippen LogP contribution in [0.2, 0.25) is 0 Å². The fourth-order valence-electron chi connectivity index (χ4n) is 3.52. The number of nitrogens with one attached hydrogen (secondary N) is 1. The van der Waals surface area contributed by atoms with Gasteiger partial charge in [0.2, 0.25) is 0 Å². The lowest BCUT2D eigenvalue weighted by Gasteiger charge is -2.33. The van der Waals surface area contributed by atoms with Crippen LogP contribution < -0.4 is 5.32 Å². The van der Waals surface area contributed by atoms with Gasteiger partial charge < -0.3 is 15.0 Å². The van der Waals surface area contributed by atoms with Crippen LogP contribution in [-0.2, 0) is 4.74 Å². The Balaban J connectivity index is 1.65. The molecule has 4 rings (SSSR count). The Labute approximate surface area is 158 Å². The van der Waals surface area contributed by atoms with Crippen molar-refractivity contribution < 1.29 is 27.1 Å². The number of fused-ring (bicyclic) bond motifs is 1. The number of aromatic nitrogens is 2. The number of benzene rings is 1. The summed E-state index contributed by atoms with van der Waals surface area (Å²) in [6.45, 7) is 1.51. The number of hydrogen-bond donors (Lipinski definition) is 1. The molecule has 10 heteroatoms. The maximum Gasteiger partial charge on any atom is 0.410 e. The van der Waals surface area contributed by atoms with Gasteiger partial charge >= 0.3 is 6.18 Å². The van der Waals surface area contributed by atoms with Crippen LogP contribution in [0.5, 0.6) is 0 Å². The van der Waals surface area contributed by atoms with E-state index in [0.717, 1.165) is 4.68 Å². The van der Waals surface area contributed by atoms with Crippen LogP contribution in [-0.4, -0.2) is 53.1 Å². The van der Waals surface area contributed by atoms with Gasteiger partial charge in [-0.2, -0.15) is 18.3 Å². The van der Waals surface area contributed by atoms with Gasteiger partial charge in [0.15, 0.2) is 11.7 Å². The van der Waals surface area contributed by atoms with Crippen molar-refractivity contribution in [3.63, 3.8) is 0 Å². The largest absolute Gasteiger partial charge is 0.410 e. The molecule has 0 aliphatic carbocycles. The number of rotatable bonds is 2. The Bertz CT molecular complexity index is 859. The summed E-state index contributed by atoms with van der Waals surface area (Å²) < 4.78 is 60.2. The molecule has 0 saturated carbocycles. The summed E-state index contributed by atoms with van der Waals surface area (Å²) in [7, 11) is 0. The molecular formula is C18H18F4N4O2. The van der Waals surface area contributed by atoms with E-state index >= 15 is 0 Å². The van der Waals surface area contributed by atoms with Crippen molar-refractivity contribution in [1.29, 1.82) is 0 Å². The Morgan fingerprint density at radius 3 is 2.50 bits per heavy atom. The highest BCUT2D eigenvalue weighted by Crippen LogP contribution is 2.43. The second kappa shape index (κ2) is 7.08. The molecule has 0 bridgehead atoms. The minimum atomic E-state index is -4.54. The molecule has 0 unspecified atom stereocenters. The minimum Gasteiger partial charge on any atom is -0.378 e. The fraction of sp³-hybridized carbons (Fsp3) is 0.444. The Hall–Kier alpha value is -2.62. The van der Waals surface area contributed by atoms with Crippen LogP contribution in [0.1, 0.15) is 34.6 Å². The third-order valence-electron chi connectivity index (χ3n) is 4.98. The average molecular weight is 398 g/mol. The molecule has 0 spiro atoms. The summed E-state index contributed by atoms with van der Waals surface area (Å²) >= 11 is 0. The van der Waals surface area contributed by atoms with Gasteiger partial charge in [-0.05, 0) is 17.7 Å². The van der Waals surface area contributed by atoms with E-state index in [1.165, 1.54) is 35.2 Å². The summed E-state index contributed by atoms with van der Waals surface area (Å²) in [5, 5.41) is 6.95. The third-order valence-corrected chi connectivity index (χ3v) is 4.98. The van der Waals surface area contributed by atoms with Crippen LogP contribution >= 0.6 is 0 Å². The monoisotopic (exact) mass is 398 g/mol. The van der Waals surface area contributed by atoms with Crippen molar-refractivity contribution in [1.82, 2.24) is 14.7 Å². The van der Waals surface area contributed by atoms with Gasteiger partial charge in [0.1, 0.15) is 11.6 Å². The van der Waals surface area contributed by atoms with E-state index in [-0.39, 0.29) is 17.9 Å². The van der Waals surface area contributed by atoms with Crippen molar-refractivity contribution in [3.05, 3.63) is 47.4 Å². The maximum atomic E-state index is 13.7. The lowest BCUT2D eigenvalue weighted by Crippen LogP contribution is -2.41. The van der Waals surface area contributed by atoms with E-state index in [9.17, 15) is 22.4 Å². The molecular weight excluding hydrogens is 380 g/mol. The van der Waals surface area contributed by atoms with Crippen LogP contribution in [0.3, 0.4) is 0 Å². The molecule has 2 atom stereocenters. The van der Waals surface area contributed by atoms with Crippen molar-refractivity contribution in [2.24, 2.45) is 0 Å². The highest BCUT2D eigenvalue weighted by atomic mass is 19.4. The first-order valence-electron chi connectivity index (χ1n) is 8.88. The number of hydrogen-bond acceptors (Lipinski definition) is 4. The van der Waals surface area contributed by atoms with Gasteiger partial charge in [0, 0.05) is 25.6 Å². The second-order valence-electron chi connectivity index (χ2n) is 6.81. The van der Waals surface area contributed by atoms with E-state index in [4.69, 9.17) is 4.74 Å². The zero-order chi connectivity index (χ0) is 19.9. The van der Waals surface area contributed by atoms with Crippen molar-refractivity contribution in [2.75, 3.05) is 31.6 Å². The van der Waals surface area contributed by atoms with Gasteiger partial charge in [-0.3, -0.25) is 4.79 Å². The average Bonchev–Trinajstić information content (AvgIpc) is 3.11. The first-order valence-corrected chi connectivity index (χ1v) is 8.88. The standard InChI is InChI=1S/C18H18F4N4O2/c19-12-3-1-11(2-4-12)13-9-15(18(20,21)22)26-16(23-13)10-14(24-26)17(27)25-5-7-28-8-6-25/h1-4,10,13,15,23H,5-9H2/t13-,15+/m1/s1. The van der Waals surface area contributed by atoms with E-state index in [0.29, 0.717) is 31.9 Å². The number of nitrogens with zero attached hydrogens (tertiary/aromatic N) is 3. The molecule has 1 N–H and O–H groups in total. The molecule has 2 aromatic rings. The number of alkyl halides is 3. The minimum absolute atomic E-state index is 0.0431. The lowest BCUT2D eigenvalue weighted by atomic mass is 9.97. The van der Waals surface area contributed by atoms with Gasteiger partial charge in [-0.1, -0.05) is 12.1 Å². The fourth-order valence-corrected chi connectivity index (χ4v) is 3.52. The van der Waals surface area contributed by atoms with E-state index in [2.05, 4.69) is 10.4 Å². The van der Waals surface area contributed by atoms with Crippen LogP contribution in [0.15, 0.2) is 30.3 Å². The molecule has 1 amide bonds. The number of amides is 1. The number of carbonyl (C=O) groups excluding carboxylic acids is 1. The Morgan fingerprint density at radius 2 is 1.86 bits per heavy atom. The lowest BCUT2D eigenvalue weighted by molar-refractivity contribution is -0.173. The molecule has 1 saturated heterocycles. The summed E-state index contributed by atoms with van der Waals surface area (Å²) in [6, 6.07) is 4.09. The Kier molecular flexibility index (Phi) is 4.74. The molecule has 3 heterocycles. The topological polar surface area (TPSA) is 59.4 Å². The number of anilines is 1. The molecule has 2 aliphatic heterocycles. The smallest absolute Gasteiger partial charge is 0.378 e. The first-order chi connectivity index (χ1) is 13.3. The Morgan fingerprint density at radius 1 is 1.18 bits per heavy atom. The van der Waals surface area contributed by atoms with Crippen molar-refractivity contribution in [2.45, 2.75) is 24.7 Å². The summed E-state index contributed by atoms with van der Waals surface area (Å²) in [5.74, 6) is -0.777. The van der Waals surface area contributed by atoms with Gasteiger partial charge in [0.25, 0.3) is 5.91 Å². The number of ether oxygens (including phenoxy) is 1. The van der Waals surface area contributed by atoms with E-state index in [1.807, 2.05) is 0 Å². The van der Waals surface area contributed by atoms with Crippen molar-refractivity contribution in [3.8, 4) is 0 Å². The van der Waals surface area contributed by atoms with Gasteiger partial charge in [-0.15, -0.1) is 0 Å². The summed E-state index contributed by atoms with van der Waals surface area (Å²) in [4.78, 5) is 14.1. The molecule has 150 valence electrons. The van der Waals surface area contributed by atoms with Crippen LogP contribution in [0, 0.1) is 5.82 Å². The molecule has 2 aliphatic rings. The molecule has 6 nitrogen and oxygen atoms in total. The second-order valence-corrected chi connectivity index (χ2v) is 6.81. The van der Waals surface area contributed by atoms with E-state index < -0.39 is 30.0 Å². The number of halogens is 4. The predicted molar refractivity (Wildman–Crippen MR) is 91.4 cm³/mol.